The summed E-state index contributed by atoms with van der Waals surface area (Å²) in [5.41, 5.74) is 0. The van der Waals surface area contributed by atoms with Crippen LogP contribution in [0.5, 0.6) is 0 Å². The molecule has 0 amide bonds. The van der Waals surface area contributed by atoms with Crippen molar-refractivity contribution in [2.24, 2.45) is 0 Å². The van der Waals surface area contributed by atoms with Gasteiger partial charge in [-0.15, -0.1) is 0 Å². The van der Waals surface area contributed by atoms with Crippen molar-refractivity contribution in [2.45, 2.75) is 296 Å². The number of carboxylic acids is 1. The van der Waals surface area contributed by atoms with Crippen molar-refractivity contribution in [2.75, 3.05) is 47.5 Å². The number of aliphatic carboxylic acids is 1. The lowest BCUT2D eigenvalue weighted by atomic mass is 10.0. The second-order valence-corrected chi connectivity index (χ2v) is 22.3. The van der Waals surface area contributed by atoms with Crippen LogP contribution in [0, 0.1) is 0 Å². The first-order valence-corrected chi connectivity index (χ1v) is 31.4. The fourth-order valence-corrected chi connectivity index (χ4v) is 8.94. The zero-order chi connectivity index (χ0) is 54.8. The number of ether oxygens (including phenoxy) is 4. The molecule has 436 valence electrons. The summed E-state index contributed by atoms with van der Waals surface area (Å²) in [5, 5.41) is 11.8. The molecule has 0 rings (SSSR count). The maximum Gasteiger partial charge on any atom is 0.306 e. The maximum absolute atomic E-state index is 12.8. The van der Waals surface area contributed by atoms with E-state index in [1.165, 1.54) is 173 Å². The number of unbranched alkanes of at least 4 members (excludes halogenated alkanes) is 33. The largest absolute Gasteiger partial charge is 0.545 e. The van der Waals surface area contributed by atoms with E-state index in [1.54, 1.807) is 0 Å². The Morgan fingerprint density at radius 1 is 0.413 bits per heavy atom. The van der Waals surface area contributed by atoms with Gasteiger partial charge in [0.05, 0.1) is 40.3 Å². The molecule has 2 unspecified atom stereocenters. The number of hydrogen-bond donors (Lipinski definition) is 0. The predicted octanol–water partition coefficient (Wildman–Crippen LogP) is 17.5. The van der Waals surface area contributed by atoms with Gasteiger partial charge in [0.25, 0.3) is 0 Å². The van der Waals surface area contributed by atoms with Gasteiger partial charge in [-0.05, 0) is 77.0 Å². The van der Waals surface area contributed by atoms with Gasteiger partial charge in [-0.2, -0.15) is 0 Å². The average Bonchev–Trinajstić information content (AvgIpc) is 3.38. The van der Waals surface area contributed by atoms with Crippen LogP contribution in [0.2, 0.25) is 0 Å². The summed E-state index contributed by atoms with van der Waals surface area (Å²) in [5.74, 6) is -2.30. The zero-order valence-corrected chi connectivity index (χ0v) is 49.7. The Kier molecular flexibility index (Phi) is 54.9. The minimum absolute atomic E-state index is 0.144. The van der Waals surface area contributed by atoms with E-state index >= 15 is 0 Å². The Hall–Kier alpha value is -3.01. The van der Waals surface area contributed by atoms with E-state index in [9.17, 15) is 19.5 Å². The van der Waals surface area contributed by atoms with Gasteiger partial charge in [-0.3, -0.25) is 9.59 Å². The van der Waals surface area contributed by atoms with Crippen molar-refractivity contribution in [3.05, 3.63) is 60.8 Å². The van der Waals surface area contributed by atoms with Crippen molar-refractivity contribution in [1.82, 2.24) is 0 Å². The number of rotatable bonds is 58. The molecule has 0 radical (unpaired) electrons. The topological polar surface area (TPSA) is 111 Å². The molecule has 0 heterocycles. The highest BCUT2D eigenvalue weighted by Crippen LogP contribution is 2.17. The van der Waals surface area contributed by atoms with E-state index < -0.39 is 24.3 Å². The van der Waals surface area contributed by atoms with Crippen molar-refractivity contribution in [3.8, 4) is 0 Å². The Balaban J connectivity index is 4.01. The number of carboxylic acid groups (broad SMARTS) is 1. The summed E-state index contributed by atoms with van der Waals surface area (Å²) in [6, 6.07) is 0. The van der Waals surface area contributed by atoms with E-state index in [0.717, 1.165) is 77.0 Å². The van der Waals surface area contributed by atoms with Crippen LogP contribution < -0.4 is 5.11 Å². The van der Waals surface area contributed by atoms with Gasteiger partial charge in [-0.1, -0.05) is 254 Å². The number of nitrogens with zero attached hydrogens (tertiary/aromatic N) is 1. The molecule has 0 aliphatic heterocycles. The molecule has 0 spiro atoms. The van der Waals surface area contributed by atoms with Crippen LogP contribution >= 0.6 is 0 Å². The van der Waals surface area contributed by atoms with E-state index in [-0.39, 0.29) is 38.6 Å². The Bertz CT molecular complexity index is 1410. The van der Waals surface area contributed by atoms with Gasteiger partial charge in [0.2, 0.25) is 0 Å². The average molecular weight is 1050 g/mol. The molecule has 0 saturated heterocycles. The standard InChI is InChI=1S/C66H119NO8/c1-6-8-10-12-14-16-18-20-22-23-24-25-26-27-28-29-30-31-32-33-34-35-36-37-38-39-40-41-43-44-46-48-50-52-54-56-63(68)73-60-62(61-74-66(65(70)71)72-59-58-67(3,4)5)75-64(69)57-55-53-51-49-47-45-42-21-19-17-15-13-11-9-7-2/h9,11,15,17-18,20-21,23-24,42,62,66H,6-8,10,12-14,16,19,22,25-41,43-61H2,1-5H3/b11-9-,17-15-,20-18-,24-23-,42-21-. The smallest absolute Gasteiger partial charge is 0.306 e. The lowest BCUT2D eigenvalue weighted by Gasteiger charge is -2.26. The van der Waals surface area contributed by atoms with E-state index in [2.05, 4.69) is 74.6 Å². The summed E-state index contributed by atoms with van der Waals surface area (Å²) < 4.78 is 22.7. The van der Waals surface area contributed by atoms with Crippen molar-refractivity contribution in [1.29, 1.82) is 0 Å². The third kappa shape index (κ3) is 58.5. The number of quaternary nitrogens is 1. The molecule has 0 aromatic heterocycles. The van der Waals surface area contributed by atoms with Gasteiger partial charge < -0.3 is 33.3 Å². The maximum atomic E-state index is 12.8. The lowest BCUT2D eigenvalue weighted by Crippen LogP contribution is -2.44. The third-order valence-corrected chi connectivity index (χ3v) is 13.7. The Morgan fingerprint density at radius 2 is 0.760 bits per heavy atom. The number of carbonyl (C=O) groups is 3. The second kappa shape index (κ2) is 57.2. The normalized spacial score (nSPS) is 13.1. The SMILES string of the molecule is CC/C=C\C/C=C\C/C=C\CCCCCCCC(=O)OC(COC(=O)CCCCCCCCCCCCCCCCCCCCCCCCC/C=C\C/C=C\CCCCCCC)COC(OCC[N+](C)(C)C)C(=O)[O-]. The number of hydrogen-bond acceptors (Lipinski definition) is 8. The first kappa shape index (κ1) is 72.0. The van der Waals surface area contributed by atoms with E-state index in [0.29, 0.717) is 17.4 Å². The second-order valence-electron chi connectivity index (χ2n) is 22.3. The summed E-state index contributed by atoms with van der Waals surface area (Å²) in [4.78, 5) is 37.3. The molecule has 0 bridgehead atoms. The summed E-state index contributed by atoms with van der Waals surface area (Å²) in [7, 11) is 5.92. The minimum Gasteiger partial charge on any atom is -0.545 e. The first-order valence-electron chi connectivity index (χ1n) is 31.4. The summed E-state index contributed by atoms with van der Waals surface area (Å²) in [6.07, 6.45) is 70.2. The molecule has 0 fully saturated rings. The van der Waals surface area contributed by atoms with Crippen LogP contribution in [0.1, 0.15) is 284 Å². The number of esters is 2. The monoisotopic (exact) mass is 1050 g/mol. The molecule has 2 atom stereocenters. The lowest BCUT2D eigenvalue weighted by molar-refractivity contribution is -0.870. The number of allylic oxidation sites excluding steroid dienone is 10. The van der Waals surface area contributed by atoms with Crippen LogP contribution in [0.25, 0.3) is 0 Å². The Labute approximate surface area is 463 Å². The van der Waals surface area contributed by atoms with Crippen LogP contribution in [-0.4, -0.2) is 82.3 Å². The van der Waals surface area contributed by atoms with Gasteiger partial charge in [0, 0.05) is 12.8 Å². The van der Waals surface area contributed by atoms with Crippen LogP contribution in [0.15, 0.2) is 60.8 Å². The van der Waals surface area contributed by atoms with Crippen molar-refractivity contribution < 1.29 is 42.9 Å². The van der Waals surface area contributed by atoms with E-state index in [4.69, 9.17) is 18.9 Å². The minimum atomic E-state index is -1.63. The van der Waals surface area contributed by atoms with Crippen LogP contribution in [-0.2, 0) is 33.3 Å². The summed E-state index contributed by atoms with van der Waals surface area (Å²) >= 11 is 0. The third-order valence-electron chi connectivity index (χ3n) is 13.7. The zero-order valence-electron chi connectivity index (χ0n) is 49.7. The van der Waals surface area contributed by atoms with E-state index in [1.807, 2.05) is 21.1 Å². The van der Waals surface area contributed by atoms with Crippen LogP contribution in [0.3, 0.4) is 0 Å². The molecule has 0 aromatic rings. The van der Waals surface area contributed by atoms with Crippen LogP contribution in [0.4, 0.5) is 0 Å². The molecule has 0 aliphatic carbocycles. The highest BCUT2D eigenvalue weighted by atomic mass is 16.7. The molecule has 0 aromatic carbocycles. The molecule has 9 nitrogen and oxygen atoms in total. The van der Waals surface area contributed by atoms with Gasteiger partial charge >= 0.3 is 11.9 Å². The molecular formula is C66H119NO8. The molecule has 9 heteroatoms. The quantitative estimate of drug-likeness (QED) is 0.0195. The van der Waals surface area contributed by atoms with Gasteiger partial charge in [0.1, 0.15) is 13.2 Å². The fraction of sp³-hybridized carbons (Fsp3) is 0.803. The predicted molar refractivity (Wildman–Crippen MR) is 315 cm³/mol. The van der Waals surface area contributed by atoms with Crippen molar-refractivity contribution in [3.63, 3.8) is 0 Å². The van der Waals surface area contributed by atoms with Crippen molar-refractivity contribution >= 4 is 17.9 Å². The fourth-order valence-electron chi connectivity index (χ4n) is 8.94. The van der Waals surface area contributed by atoms with Gasteiger partial charge in [-0.25, -0.2) is 0 Å². The molecule has 0 aliphatic rings. The number of carbonyl (C=O) groups excluding carboxylic acids is 3. The highest BCUT2D eigenvalue weighted by molar-refractivity contribution is 5.70. The number of likely N-dealkylation sites (N-methyl/N-ethyl adjacent to an activating group) is 1. The highest BCUT2D eigenvalue weighted by Gasteiger charge is 2.22. The Morgan fingerprint density at radius 3 is 1.13 bits per heavy atom. The summed E-state index contributed by atoms with van der Waals surface area (Å²) in [6.45, 7) is 4.63. The molecule has 0 N–H and O–H groups in total. The first-order chi connectivity index (χ1) is 36.6. The molecular weight excluding hydrogens is 935 g/mol. The molecule has 0 saturated carbocycles. The van der Waals surface area contributed by atoms with Gasteiger partial charge in [0.15, 0.2) is 12.4 Å². The molecule has 75 heavy (non-hydrogen) atoms.